The topological polar surface area (TPSA) is 3.24 Å². The van der Waals surface area contributed by atoms with Gasteiger partial charge in [0.2, 0.25) is 0 Å². The van der Waals surface area contributed by atoms with Gasteiger partial charge in [0.15, 0.2) is 0 Å². The van der Waals surface area contributed by atoms with E-state index in [-0.39, 0.29) is 0 Å². The molecule has 52 heteroatoms. The molecule has 0 aliphatic rings. The highest BCUT2D eigenvalue weighted by molar-refractivity contribution is 5.21. The van der Waals surface area contributed by atoms with E-state index in [1.807, 2.05) is 0 Å². The molecule has 0 spiro atoms. The average Bonchev–Trinajstić information content (AvgIpc) is 3.14. The zero-order valence-corrected chi connectivity index (χ0v) is 31.7. The molecule has 0 saturated heterocycles. The van der Waals surface area contributed by atoms with E-state index < -0.39 is 148 Å². The quantitative estimate of drug-likeness (QED) is 0.0818. The smallest absolute Gasteiger partial charge is 0.192 e. The number of halogens is 51. The highest BCUT2D eigenvalue weighted by Crippen LogP contribution is 2.72. The molecule has 458 valence electrons. The molecule has 0 aromatic heterocycles. The van der Waals surface area contributed by atoms with Gasteiger partial charge < -0.3 is 0 Å². The molecule has 0 bridgehead atoms. The van der Waals surface area contributed by atoms with Gasteiger partial charge in [-0.3, -0.25) is 0 Å². The van der Waals surface area contributed by atoms with Crippen LogP contribution in [-0.2, 0) is 0 Å². The minimum atomic E-state index is -11.7. The molecule has 76 heavy (non-hydrogen) atoms. The molecule has 0 amide bonds. The summed E-state index contributed by atoms with van der Waals surface area (Å²) in [6.07, 6.45) is -26.7. The van der Waals surface area contributed by atoms with Crippen LogP contribution < -0.4 is 0 Å². The molecule has 0 heterocycles. The number of hydrogen-bond acceptors (Lipinski definition) is 1. The summed E-state index contributed by atoms with van der Waals surface area (Å²) in [5.74, 6) is -190. The largest absolute Gasteiger partial charge is 0.460 e. The second kappa shape index (κ2) is 17.2. The first kappa shape index (κ1) is 72.4. The normalized spacial score (nSPS) is 17.5. The molecule has 0 radical (unpaired) electrons. The van der Waals surface area contributed by atoms with Crippen molar-refractivity contribution in [2.24, 2.45) is 0 Å². The predicted octanol–water partition coefficient (Wildman–Crippen LogP) is 16.2. The van der Waals surface area contributed by atoms with E-state index in [2.05, 4.69) is 0 Å². The van der Waals surface area contributed by atoms with Gasteiger partial charge in [0.1, 0.15) is 0 Å². The zero-order chi connectivity index (χ0) is 63.6. The van der Waals surface area contributed by atoms with Crippen molar-refractivity contribution in [2.45, 2.75) is 143 Å². The fraction of sp³-hybridized carbons (Fsp3) is 1.00. The van der Waals surface area contributed by atoms with Crippen LogP contribution in [0.4, 0.5) is 224 Å². The van der Waals surface area contributed by atoms with Gasteiger partial charge in [-0.25, -0.2) is 0 Å². The number of alkyl halides is 51. The van der Waals surface area contributed by atoms with Gasteiger partial charge in [0.05, 0.1) is 0 Å². The number of rotatable bonds is 21. The Morgan fingerprint density at radius 3 is 0.276 bits per heavy atom. The molecule has 0 aliphatic heterocycles. The van der Waals surface area contributed by atoms with Gasteiger partial charge in [-0.15, -0.1) is 4.90 Å². The van der Waals surface area contributed by atoms with Crippen molar-refractivity contribution in [1.82, 2.24) is 4.90 Å². The predicted molar refractivity (Wildman–Crippen MR) is 124 cm³/mol. The van der Waals surface area contributed by atoms with Crippen LogP contribution in [0.3, 0.4) is 0 Å². The minimum absolute atomic E-state index is 7.76. The third kappa shape index (κ3) is 8.19. The van der Waals surface area contributed by atoms with Crippen LogP contribution in [0, 0.1) is 0 Å². The summed E-state index contributed by atoms with van der Waals surface area (Å²) in [4.78, 5) is -7.76. The van der Waals surface area contributed by atoms with Crippen LogP contribution in [0.5, 0.6) is 0 Å². The lowest BCUT2D eigenvalue weighted by Crippen LogP contribution is -2.84. The zero-order valence-electron chi connectivity index (χ0n) is 31.7. The molecule has 1 nitrogen and oxygen atoms in total. The van der Waals surface area contributed by atoms with Crippen LogP contribution >= 0.6 is 0 Å². The van der Waals surface area contributed by atoms with E-state index in [1.165, 1.54) is 0 Å². The molecule has 0 atom stereocenters. The van der Waals surface area contributed by atoms with Crippen molar-refractivity contribution in [2.75, 3.05) is 0 Å². The highest BCUT2D eigenvalue weighted by Gasteiger charge is 3.03. The summed E-state index contributed by atoms with van der Waals surface area (Å²) >= 11 is 0. The number of nitrogens with zero attached hydrogens (tertiary/aromatic N) is 1. The van der Waals surface area contributed by atoms with Crippen LogP contribution in [0.1, 0.15) is 0 Å². The van der Waals surface area contributed by atoms with Crippen LogP contribution in [0.15, 0.2) is 0 Å². The summed E-state index contributed by atoms with van der Waals surface area (Å²) in [6.45, 7) is 0. The first-order chi connectivity index (χ1) is 31.6. The molecule has 0 fully saturated rings. The van der Waals surface area contributed by atoms with Gasteiger partial charge in [0, 0.05) is 0 Å². The fourth-order valence-corrected chi connectivity index (χ4v) is 4.42. The minimum Gasteiger partial charge on any atom is -0.192 e. The summed E-state index contributed by atoms with van der Waals surface area (Å²) in [6, 6.07) is -35.2. The van der Waals surface area contributed by atoms with Crippen molar-refractivity contribution in [3.63, 3.8) is 0 Å². The van der Waals surface area contributed by atoms with Crippen LogP contribution in [0.25, 0.3) is 0 Å². The first-order valence-corrected chi connectivity index (χ1v) is 15.6. The van der Waals surface area contributed by atoms with E-state index in [1.54, 1.807) is 0 Å². The molecular formula is C24F51N. The van der Waals surface area contributed by atoms with Crippen LogP contribution in [0.2, 0.25) is 0 Å². The van der Waals surface area contributed by atoms with E-state index in [0.717, 1.165) is 0 Å². The SMILES string of the molecule is FC(F)(F)C(F)(F)C(F)(F)C(F)(F)C(F)(F)C(F)(F)C(F)(F)C(F)(F)N(C(F)(F)C(F)(F)C(F)(F)C(F)(F)C(F)(F)C(F)(F)C(F)(F)C(F)(F)F)C(F)(F)C(F)(F)C(F)(F)C(F)(F)C(F)(F)C(F)(F)C(F)(F)C(F)(F)F. The summed E-state index contributed by atoms with van der Waals surface area (Å²) in [5, 5.41) is 0. The van der Waals surface area contributed by atoms with E-state index in [4.69, 9.17) is 0 Å². The van der Waals surface area contributed by atoms with Crippen LogP contribution in [-0.4, -0.2) is 148 Å². The first-order valence-electron chi connectivity index (χ1n) is 15.6. The van der Waals surface area contributed by atoms with E-state index >= 15 is 0 Å². The van der Waals surface area contributed by atoms with Gasteiger partial charge in [-0.1, -0.05) is 0 Å². The molecule has 0 N–H and O–H groups in total. The number of hydrogen-bond donors (Lipinski definition) is 0. The third-order valence-corrected chi connectivity index (χ3v) is 8.96. The fourth-order valence-electron chi connectivity index (χ4n) is 4.42. The van der Waals surface area contributed by atoms with Gasteiger partial charge >= 0.3 is 143 Å². The second-order valence-corrected chi connectivity index (χ2v) is 13.8. The summed E-state index contributed by atoms with van der Waals surface area (Å²) < 4.78 is 700. The van der Waals surface area contributed by atoms with Crippen molar-refractivity contribution >= 4 is 0 Å². The third-order valence-electron chi connectivity index (χ3n) is 8.96. The Kier molecular flexibility index (Phi) is 16.4. The molecular weight excluding hydrogens is 1270 g/mol. The summed E-state index contributed by atoms with van der Waals surface area (Å²) in [5.41, 5.74) is 0. The molecule has 0 unspecified atom stereocenters. The molecule has 0 saturated carbocycles. The maximum absolute atomic E-state index is 15.0. The second-order valence-electron chi connectivity index (χ2n) is 13.8. The Morgan fingerprint density at radius 2 is 0.184 bits per heavy atom. The van der Waals surface area contributed by atoms with Crippen molar-refractivity contribution in [3.05, 3.63) is 0 Å². The lowest BCUT2D eigenvalue weighted by Gasteiger charge is -2.51. The Balaban J connectivity index is 9.71. The lowest BCUT2D eigenvalue weighted by atomic mass is 9.87. The summed E-state index contributed by atoms with van der Waals surface area (Å²) in [7, 11) is 0. The lowest BCUT2D eigenvalue weighted by molar-refractivity contribution is -0.536. The van der Waals surface area contributed by atoms with Gasteiger partial charge in [0.25, 0.3) is 0 Å². The molecule has 0 aromatic rings. The molecule has 0 rings (SSSR count). The Bertz CT molecular complexity index is 1850. The van der Waals surface area contributed by atoms with E-state index in [9.17, 15) is 224 Å². The maximum Gasteiger partial charge on any atom is 0.460 e. The van der Waals surface area contributed by atoms with Crippen molar-refractivity contribution in [1.29, 1.82) is 0 Å². The van der Waals surface area contributed by atoms with Gasteiger partial charge in [-0.05, 0) is 0 Å². The van der Waals surface area contributed by atoms with E-state index in [0.29, 0.717) is 0 Å². The van der Waals surface area contributed by atoms with Crippen molar-refractivity contribution < 1.29 is 224 Å². The monoisotopic (exact) mass is 1270 g/mol. The van der Waals surface area contributed by atoms with Crippen molar-refractivity contribution in [3.8, 4) is 0 Å². The van der Waals surface area contributed by atoms with Gasteiger partial charge in [-0.2, -0.15) is 224 Å². The molecule has 0 aromatic carbocycles. The Hall–Kier alpha value is -3.61. The Labute approximate surface area is 373 Å². The maximum atomic E-state index is 15.0. The molecule has 0 aliphatic carbocycles. The average molecular weight is 1270 g/mol. The highest BCUT2D eigenvalue weighted by atomic mass is 19.5. The Morgan fingerprint density at radius 1 is 0.105 bits per heavy atom. The standard InChI is InChI=1S/C24F51N/c25-1(26,7(37,38)13(49,50)19(61,62)63)4(31,32)10(43,44)16(55,56)22(70,71)76(23(72,73)17(57,58)11(45,46)5(33,34)2(27,28)8(39,40)14(51,52)20(64,65)66)24(74,75)18(59,60)12(47,48)6(35,36)3(29,30)9(41,42)15(53,54)21(67,68)69.